The van der Waals surface area contributed by atoms with Crippen molar-refractivity contribution >= 4 is 11.8 Å². The third-order valence-electron chi connectivity index (χ3n) is 2.13. The molecule has 2 heterocycles. The second-order valence-electron chi connectivity index (χ2n) is 3.00. The maximum atomic E-state index is 11.3. The second-order valence-corrected chi connectivity index (χ2v) is 3.00. The van der Waals surface area contributed by atoms with Gasteiger partial charge < -0.3 is 9.88 Å². The van der Waals surface area contributed by atoms with Gasteiger partial charge in [-0.1, -0.05) is 0 Å². The Morgan fingerprint density at radius 2 is 2.43 bits per heavy atom. The molecule has 0 atom stereocenters. The molecule has 2 rings (SSSR count). The predicted molar refractivity (Wildman–Crippen MR) is 46.0 cm³/mol. The summed E-state index contributed by atoms with van der Waals surface area (Å²) in [5.74, 6) is -0.812. The minimum absolute atomic E-state index is 0.201. The van der Waals surface area contributed by atoms with Crippen molar-refractivity contribution in [2.24, 2.45) is 0 Å². The van der Waals surface area contributed by atoms with Crippen LogP contribution in [0, 0.1) is 0 Å². The lowest BCUT2D eigenvalue weighted by atomic mass is 10.3. The minimum Gasteiger partial charge on any atom is -0.349 e. The van der Waals surface area contributed by atoms with Gasteiger partial charge >= 0.3 is 0 Å². The summed E-state index contributed by atoms with van der Waals surface area (Å²) >= 11 is 0. The van der Waals surface area contributed by atoms with Gasteiger partial charge in [-0.2, -0.15) is 0 Å². The SMILES string of the molecule is O=C(NO)c1cc2n(c1)CCNC2=O. The van der Waals surface area contributed by atoms with Gasteiger partial charge in [-0.25, -0.2) is 5.48 Å². The molecule has 0 unspecified atom stereocenters. The van der Waals surface area contributed by atoms with E-state index < -0.39 is 5.91 Å². The Labute approximate surface area is 79.5 Å². The van der Waals surface area contributed by atoms with Crippen molar-refractivity contribution < 1.29 is 14.8 Å². The molecule has 14 heavy (non-hydrogen) atoms. The summed E-state index contributed by atoms with van der Waals surface area (Å²) in [6.07, 6.45) is 1.54. The van der Waals surface area contributed by atoms with E-state index in [2.05, 4.69) is 5.32 Å². The molecule has 3 N–H and O–H groups in total. The van der Waals surface area contributed by atoms with Crippen LogP contribution in [0.25, 0.3) is 0 Å². The Morgan fingerprint density at radius 1 is 1.64 bits per heavy atom. The molecule has 1 aromatic heterocycles. The molecule has 0 spiro atoms. The normalized spacial score (nSPS) is 14.5. The first kappa shape index (κ1) is 8.76. The van der Waals surface area contributed by atoms with E-state index >= 15 is 0 Å². The first-order valence-electron chi connectivity index (χ1n) is 4.15. The Bertz CT molecular complexity index is 397. The van der Waals surface area contributed by atoms with Crippen LogP contribution in [0.3, 0.4) is 0 Å². The minimum atomic E-state index is -0.611. The molecule has 2 amide bonds. The molecular formula is C8H9N3O3. The highest BCUT2D eigenvalue weighted by Gasteiger charge is 2.19. The fourth-order valence-electron chi connectivity index (χ4n) is 1.46. The van der Waals surface area contributed by atoms with Crippen LogP contribution in [0.4, 0.5) is 0 Å². The summed E-state index contributed by atoms with van der Waals surface area (Å²) in [5.41, 5.74) is 2.24. The highest BCUT2D eigenvalue weighted by atomic mass is 16.5. The van der Waals surface area contributed by atoms with Crippen LogP contribution in [0.15, 0.2) is 12.3 Å². The Hall–Kier alpha value is -1.82. The van der Waals surface area contributed by atoms with Gasteiger partial charge in [0.25, 0.3) is 11.8 Å². The standard InChI is InChI=1S/C8H9N3O3/c12-7(10-14)5-3-6-8(13)9-1-2-11(6)4-5/h3-4,14H,1-2H2,(H,9,13)(H,10,12). The molecule has 0 aliphatic carbocycles. The second kappa shape index (κ2) is 3.15. The number of nitrogens with one attached hydrogen (secondary N) is 2. The largest absolute Gasteiger partial charge is 0.349 e. The average Bonchev–Trinajstić information content (AvgIpc) is 2.62. The van der Waals surface area contributed by atoms with Crippen molar-refractivity contribution in [3.05, 3.63) is 23.5 Å². The molecule has 0 bridgehead atoms. The number of carbonyl (C=O) groups excluding carboxylic acids is 2. The van der Waals surface area contributed by atoms with Crippen molar-refractivity contribution in [2.75, 3.05) is 6.54 Å². The third-order valence-corrected chi connectivity index (χ3v) is 2.13. The summed E-state index contributed by atoms with van der Waals surface area (Å²) in [7, 11) is 0. The van der Waals surface area contributed by atoms with E-state index in [0.717, 1.165) is 0 Å². The van der Waals surface area contributed by atoms with E-state index in [1.807, 2.05) is 0 Å². The Balaban J connectivity index is 2.40. The molecule has 0 saturated heterocycles. The van der Waals surface area contributed by atoms with Crippen molar-refractivity contribution in [3.63, 3.8) is 0 Å². The topological polar surface area (TPSA) is 83.4 Å². The summed E-state index contributed by atoms with van der Waals surface area (Å²) in [6, 6.07) is 1.44. The van der Waals surface area contributed by atoms with Gasteiger partial charge in [-0.15, -0.1) is 0 Å². The molecule has 1 aromatic rings. The van der Waals surface area contributed by atoms with Crippen LogP contribution >= 0.6 is 0 Å². The average molecular weight is 195 g/mol. The zero-order valence-electron chi connectivity index (χ0n) is 7.28. The number of amides is 2. The molecule has 0 saturated carbocycles. The van der Waals surface area contributed by atoms with Crippen molar-refractivity contribution in [3.8, 4) is 0 Å². The monoisotopic (exact) mass is 195 g/mol. The number of hydrogen-bond donors (Lipinski definition) is 3. The Morgan fingerprint density at radius 3 is 3.07 bits per heavy atom. The van der Waals surface area contributed by atoms with E-state index in [0.29, 0.717) is 18.8 Å². The van der Waals surface area contributed by atoms with E-state index in [9.17, 15) is 9.59 Å². The fourth-order valence-corrected chi connectivity index (χ4v) is 1.46. The van der Waals surface area contributed by atoms with Crippen LogP contribution in [-0.4, -0.2) is 28.1 Å². The van der Waals surface area contributed by atoms with Crippen molar-refractivity contribution in [1.82, 2.24) is 15.4 Å². The van der Waals surface area contributed by atoms with Gasteiger partial charge in [-0.3, -0.25) is 14.8 Å². The summed E-state index contributed by atoms with van der Waals surface area (Å²) in [6.45, 7) is 1.19. The van der Waals surface area contributed by atoms with Crippen LogP contribution in [0.2, 0.25) is 0 Å². The number of aromatic nitrogens is 1. The van der Waals surface area contributed by atoms with Gasteiger partial charge in [0.2, 0.25) is 0 Å². The third kappa shape index (κ3) is 1.25. The molecule has 74 valence electrons. The number of carbonyl (C=O) groups is 2. The first-order chi connectivity index (χ1) is 6.72. The summed E-state index contributed by atoms with van der Waals surface area (Å²) < 4.78 is 1.68. The summed E-state index contributed by atoms with van der Waals surface area (Å²) in [5, 5.41) is 11.1. The van der Waals surface area contributed by atoms with Crippen LogP contribution < -0.4 is 10.8 Å². The quantitative estimate of drug-likeness (QED) is 0.411. The molecule has 6 nitrogen and oxygen atoms in total. The smallest absolute Gasteiger partial charge is 0.276 e. The zero-order chi connectivity index (χ0) is 10.1. The van der Waals surface area contributed by atoms with Crippen LogP contribution in [0.5, 0.6) is 0 Å². The Kier molecular flexibility index (Phi) is 1.97. The van der Waals surface area contributed by atoms with Crippen LogP contribution in [-0.2, 0) is 6.54 Å². The molecular weight excluding hydrogens is 186 g/mol. The lowest BCUT2D eigenvalue weighted by Crippen LogP contribution is -2.34. The van der Waals surface area contributed by atoms with Gasteiger partial charge in [0.05, 0.1) is 5.56 Å². The summed E-state index contributed by atoms with van der Waals surface area (Å²) in [4.78, 5) is 22.3. The van der Waals surface area contributed by atoms with Gasteiger partial charge in [0.1, 0.15) is 5.69 Å². The van der Waals surface area contributed by atoms with Crippen LogP contribution in [0.1, 0.15) is 20.8 Å². The lowest BCUT2D eigenvalue weighted by Gasteiger charge is -2.14. The van der Waals surface area contributed by atoms with Gasteiger partial charge in [0, 0.05) is 19.3 Å². The number of fused-ring (bicyclic) bond motifs is 1. The first-order valence-corrected chi connectivity index (χ1v) is 4.15. The van der Waals surface area contributed by atoms with E-state index in [4.69, 9.17) is 5.21 Å². The highest BCUT2D eigenvalue weighted by Crippen LogP contribution is 2.11. The van der Waals surface area contributed by atoms with Crippen molar-refractivity contribution in [1.29, 1.82) is 0 Å². The highest BCUT2D eigenvalue weighted by molar-refractivity contribution is 5.99. The zero-order valence-corrected chi connectivity index (χ0v) is 7.28. The van der Waals surface area contributed by atoms with E-state index in [-0.39, 0.29) is 11.5 Å². The van der Waals surface area contributed by atoms with Gasteiger partial charge in [0.15, 0.2) is 0 Å². The maximum absolute atomic E-state index is 11.3. The van der Waals surface area contributed by atoms with Crippen molar-refractivity contribution in [2.45, 2.75) is 6.54 Å². The predicted octanol–water partition coefficient (Wildman–Crippen LogP) is -0.650. The van der Waals surface area contributed by atoms with Gasteiger partial charge in [-0.05, 0) is 6.07 Å². The van der Waals surface area contributed by atoms with E-state index in [1.54, 1.807) is 10.8 Å². The number of hydrogen-bond acceptors (Lipinski definition) is 3. The fraction of sp³-hybridized carbons (Fsp3) is 0.250. The lowest BCUT2D eigenvalue weighted by molar-refractivity contribution is 0.0706. The number of rotatable bonds is 1. The molecule has 1 aliphatic heterocycles. The molecule has 6 heteroatoms. The maximum Gasteiger partial charge on any atom is 0.276 e. The molecule has 0 fully saturated rings. The number of nitrogens with zero attached hydrogens (tertiary/aromatic N) is 1. The molecule has 1 aliphatic rings. The van der Waals surface area contributed by atoms with E-state index in [1.165, 1.54) is 11.5 Å². The molecule has 0 radical (unpaired) electrons. The molecule has 0 aromatic carbocycles. The number of hydroxylamine groups is 1.